The van der Waals surface area contributed by atoms with Gasteiger partial charge in [0.05, 0.1) is 5.75 Å². The summed E-state index contributed by atoms with van der Waals surface area (Å²) in [5, 5.41) is 0. The van der Waals surface area contributed by atoms with Crippen molar-refractivity contribution in [1.29, 1.82) is 0 Å². The first-order valence-electron chi connectivity index (χ1n) is 6.34. The van der Waals surface area contributed by atoms with Crippen LogP contribution in [0, 0.1) is 0 Å². The van der Waals surface area contributed by atoms with E-state index in [4.69, 9.17) is 4.55 Å². The zero-order chi connectivity index (χ0) is 13.0. The molecule has 0 unspecified atom stereocenters. The Kier molecular flexibility index (Phi) is 4.24. The van der Waals surface area contributed by atoms with Gasteiger partial charge in [0, 0.05) is 18.8 Å². The first-order chi connectivity index (χ1) is 8.56. The molecule has 1 heterocycles. The van der Waals surface area contributed by atoms with Gasteiger partial charge in [0.15, 0.2) is 0 Å². The summed E-state index contributed by atoms with van der Waals surface area (Å²) in [6.45, 7) is 1.88. The molecule has 4 nitrogen and oxygen atoms in total. The molecule has 1 aromatic rings. The standard InChI is InChI=1S/C13H19NO3S/c15-18(16,17)11-4-3-9-14-10-5-7-12-6-1-2-8-13(12)14/h1-2,6,8H,3-5,7,9-11H2,(H,15,16,17). The van der Waals surface area contributed by atoms with Crippen LogP contribution in [0.4, 0.5) is 5.69 Å². The van der Waals surface area contributed by atoms with Crippen molar-refractivity contribution in [1.82, 2.24) is 0 Å². The number of aryl methyl sites for hydroxylation is 1. The van der Waals surface area contributed by atoms with E-state index in [1.54, 1.807) is 0 Å². The van der Waals surface area contributed by atoms with Gasteiger partial charge in [-0.3, -0.25) is 4.55 Å². The molecule has 0 bridgehead atoms. The highest BCUT2D eigenvalue weighted by molar-refractivity contribution is 7.85. The molecule has 2 rings (SSSR count). The van der Waals surface area contributed by atoms with Crippen LogP contribution in [0.2, 0.25) is 0 Å². The number of nitrogens with zero attached hydrogens (tertiary/aromatic N) is 1. The molecule has 0 amide bonds. The quantitative estimate of drug-likeness (QED) is 0.657. The van der Waals surface area contributed by atoms with Crippen molar-refractivity contribution < 1.29 is 13.0 Å². The number of fused-ring (bicyclic) bond motifs is 1. The fourth-order valence-electron chi connectivity index (χ4n) is 2.43. The van der Waals surface area contributed by atoms with Crippen LogP contribution in [0.25, 0.3) is 0 Å². The number of benzene rings is 1. The number of unbranched alkanes of at least 4 members (excludes halogenated alkanes) is 1. The molecule has 0 aliphatic carbocycles. The van der Waals surface area contributed by atoms with E-state index in [-0.39, 0.29) is 5.75 Å². The van der Waals surface area contributed by atoms with Crippen LogP contribution in [-0.2, 0) is 16.5 Å². The van der Waals surface area contributed by atoms with Gasteiger partial charge < -0.3 is 4.90 Å². The summed E-state index contributed by atoms with van der Waals surface area (Å²) in [5.41, 5.74) is 2.65. The van der Waals surface area contributed by atoms with Gasteiger partial charge in [0.2, 0.25) is 0 Å². The van der Waals surface area contributed by atoms with Gasteiger partial charge in [0.25, 0.3) is 10.1 Å². The zero-order valence-electron chi connectivity index (χ0n) is 10.4. The van der Waals surface area contributed by atoms with Crippen LogP contribution in [0.3, 0.4) is 0 Å². The Bertz CT molecular complexity index is 499. The van der Waals surface area contributed by atoms with Crippen molar-refractivity contribution in [3.8, 4) is 0 Å². The predicted molar refractivity (Wildman–Crippen MR) is 72.6 cm³/mol. The lowest BCUT2D eigenvalue weighted by Gasteiger charge is -2.31. The first-order valence-corrected chi connectivity index (χ1v) is 7.95. The smallest absolute Gasteiger partial charge is 0.264 e. The molecular weight excluding hydrogens is 250 g/mol. The van der Waals surface area contributed by atoms with E-state index in [2.05, 4.69) is 23.1 Å². The third-order valence-corrected chi connectivity index (χ3v) is 4.09. The Hall–Kier alpha value is -1.07. The van der Waals surface area contributed by atoms with E-state index in [0.29, 0.717) is 6.42 Å². The molecular formula is C13H19NO3S. The second-order valence-corrected chi connectivity index (χ2v) is 6.28. The van der Waals surface area contributed by atoms with Gasteiger partial charge >= 0.3 is 0 Å². The summed E-state index contributed by atoms with van der Waals surface area (Å²) in [6, 6.07) is 8.37. The van der Waals surface area contributed by atoms with Gasteiger partial charge in [-0.1, -0.05) is 18.2 Å². The lowest BCUT2D eigenvalue weighted by Crippen LogP contribution is -2.30. The monoisotopic (exact) mass is 269 g/mol. The molecule has 18 heavy (non-hydrogen) atoms. The predicted octanol–water partition coefficient (Wildman–Crippen LogP) is 2.11. The van der Waals surface area contributed by atoms with Gasteiger partial charge in [-0.05, 0) is 37.3 Å². The highest BCUT2D eigenvalue weighted by Gasteiger charge is 2.15. The summed E-state index contributed by atoms with van der Waals surface area (Å²) in [5.74, 6) is -0.136. The van der Waals surface area contributed by atoms with Gasteiger partial charge in [-0.15, -0.1) is 0 Å². The molecule has 1 N–H and O–H groups in total. The molecule has 0 saturated carbocycles. The lowest BCUT2D eigenvalue weighted by atomic mass is 10.0. The van der Waals surface area contributed by atoms with Gasteiger partial charge in [0.1, 0.15) is 0 Å². The average Bonchev–Trinajstić information content (AvgIpc) is 2.33. The summed E-state index contributed by atoms with van der Waals surface area (Å²) < 4.78 is 29.9. The second-order valence-electron chi connectivity index (χ2n) is 4.71. The molecule has 0 saturated heterocycles. The molecule has 0 spiro atoms. The summed E-state index contributed by atoms with van der Waals surface area (Å²) >= 11 is 0. The van der Waals surface area contributed by atoms with Gasteiger partial charge in [-0.25, -0.2) is 0 Å². The maximum absolute atomic E-state index is 10.6. The summed E-state index contributed by atoms with van der Waals surface area (Å²) in [4.78, 5) is 2.31. The Morgan fingerprint density at radius 2 is 2.00 bits per heavy atom. The number of anilines is 1. The van der Waals surface area contributed by atoms with E-state index in [1.165, 1.54) is 11.3 Å². The maximum atomic E-state index is 10.6. The van der Waals surface area contributed by atoms with Crippen molar-refractivity contribution in [2.75, 3.05) is 23.7 Å². The average molecular weight is 269 g/mol. The number of rotatable bonds is 5. The highest BCUT2D eigenvalue weighted by atomic mass is 32.2. The molecule has 1 aliphatic heterocycles. The molecule has 0 radical (unpaired) electrons. The number of hydrogen-bond acceptors (Lipinski definition) is 3. The number of para-hydroxylation sites is 1. The minimum absolute atomic E-state index is 0.136. The molecule has 5 heteroatoms. The Balaban J connectivity index is 1.88. The zero-order valence-corrected chi connectivity index (χ0v) is 11.2. The topological polar surface area (TPSA) is 57.6 Å². The highest BCUT2D eigenvalue weighted by Crippen LogP contribution is 2.26. The van der Waals surface area contributed by atoms with Crippen LogP contribution in [-0.4, -0.2) is 31.8 Å². The molecule has 0 fully saturated rings. The molecule has 100 valence electrons. The van der Waals surface area contributed by atoms with Crippen LogP contribution in [0.5, 0.6) is 0 Å². The van der Waals surface area contributed by atoms with E-state index in [9.17, 15) is 8.42 Å². The fraction of sp³-hybridized carbons (Fsp3) is 0.538. The summed E-state index contributed by atoms with van der Waals surface area (Å²) in [7, 11) is -3.81. The fourth-order valence-corrected chi connectivity index (χ4v) is 3.00. The van der Waals surface area contributed by atoms with E-state index in [1.807, 2.05) is 6.07 Å². The van der Waals surface area contributed by atoms with Crippen molar-refractivity contribution in [3.63, 3.8) is 0 Å². The lowest BCUT2D eigenvalue weighted by molar-refractivity contribution is 0.480. The van der Waals surface area contributed by atoms with Crippen molar-refractivity contribution in [2.24, 2.45) is 0 Å². The third-order valence-electron chi connectivity index (χ3n) is 3.29. The maximum Gasteiger partial charge on any atom is 0.264 e. The SMILES string of the molecule is O=S(=O)(O)CCCCN1CCCc2ccccc21. The molecule has 0 aromatic heterocycles. The largest absolute Gasteiger partial charge is 0.371 e. The van der Waals surface area contributed by atoms with Crippen LogP contribution in [0.15, 0.2) is 24.3 Å². The van der Waals surface area contributed by atoms with Crippen LogP contribution >= 0.6 is 0 Å². The number of hydrogen-bond donors (Lipinski definition) is 1. The molecule has 1 aromatic carbocycles. The van der Waals surface area contributed by atoms with Crippen molar-refractivity contribution >= 4 is 15.8 Å². The minimum atomic E-state index is -3.81. The third kappa shape index (κ3) is 3.71. The Morgan fingerprint density at radius 1 is 1.22 bits per heavy atom. The second kappa shape index (κ2) is 5.71. The minimum Gasteiger partial charge on any atom is -0.371 e. The van der Waals surface area contributed by atoms with Crippen LogP contribution < -0.4 is 4.90 Å². The van der Waals surface area contributed by atoms with E-state index < -0.39 is 10.1 Å². The molecule has 1 aliphatic rings. The first kappa shape index (κ1) is 13.4. The molecule has 0 atom stereocenters. The Labute approximate surface area is 108 Å². The van der Waals surface area contributed by atoms with Crippen molar-refractivity contribution in [3.05, 3.63) is 29.8 Å². The van der Waals surface area contributed by atoms with Crippen molar-refractivity contribution in [2.45, 2.75) is 25.7 Å². The Morgan fingerprint density at radius 3 is 2.78 bits per heavy atom. The van der Waals surface area contributed by atoms with E-state index in [0.717, 1.165) is 32.4 Å². The normalized spacial score (nSPS) is 15.5. The van der Waals surface area contributed by atoms with Gasteiger partial charge in [-0.2, -0.15) is 8.42 Å². The summed E-state index contributed by atoms with van der Waals surface area (Å²) in [6.07, 6.45) is 3.57. The van der Waals surface area contributed by atoms with E-state index >= 15 is 0 Å². The van der Waals surface area contributed by atoms with Crippen LogP contribution in [0.1, 0.15) is 24.8 Å².